The van der Waals surface area contributed by atoms with E-state index in [9.17, 15) is 19.5 Å². The summed E-state index contributed by atoms with van der Waals surface area (Å²) in [6, 6.07) is 0. The molecule has 0 fully saturated rings. The summed E-state index contributed by atoms with van der Waals surface area (Å²) >= 11 is 0. The first-order valence-corrected chi connectivity index (χ1v) is 9.37. The van der Waals surface area contributed by atoms with Crippen LogP contribution in [0.25, 0.3) is 0 Å². The molecule has 146 valence electrons. The Labute approximate surface area is 150 Å². The Morgan fingerprint density at radius 1 is 0.880 bits per heavy atom. The first kappa shape index (κ1) is 23.5. The van der Waals surface area contributed by atoms with Gasteiger partial charge in [-0.2, -0.15) is 0 Å². The fourth-order valence-electron chi connectivity index (χ4n) is 3.05. The van der Waals surface area contributed by atoms with Gasteiger partial charge in [-0.05, 0) is 6.42 Å². The van der Waals surface area contributed by atoms with Crippen LogP contribution in [0, 0.1) is 5.92 Å². The van der Waals surface area contributed by atoms with Crippen LogP contribution in [0.1, 0.15) is 77.6 Å². The minimum absolute atomic E-state index is 0.136. The predicted molar refractivity (Wildman–Crippen MR) is 97.4 cm³/mol. The van der Waals surface area contributed by atoms with Crippen LogP contribution < -0.4 is 17.2 Å². The number of primary amides is 2. The minimum Gasteiger partial charge on any atom is -0.372 e. The standard InChI is InChI=1S/C18H35N3O4/c1-2-3-4-5-6-7-8-9-10-11-12-14(16(20)23)18(25,17(21)24)15(22)13-19/h14,25H,2-13,19H2,1H3,(H2,20,23)(H2,21,24). The van der Waals surface area contributed by atoms with Gasteiger partial charge in [0.1, 0.15) is 0 Å². The first-order valence-electron chi connectivity index (χ1n) is 9.37. The predicted octanol–water partition coefficient (Wildman–Crippen LogP) is 1.14. The molecule has 0 saturated carbocycles. The van der Waals surface area contributed by atoms with Crippen molar-refractivity contribution in [3.63, 3.8) is 0 Å². The Morgan fingerprint density at radius 3 is 1.68 bits per heavy atom. The fourth-order valence-corrected chi connectivity index (χ4v) is 3.05. The average Bonchev–Trinajstić information content (AvgIpc) is 2.57. The maximum atomic E-state index is 11.8. The lowest BCUT2D eigenvalue weighted by atomic mass is 9.79. The Hall–Kier alpha value is -1.47. The molecule has 0 saturated heterocycles. The van der Waals surface area contributed by atoms with Crippen LogP contribution in [0.15, 0.2) is 0 Å². The van der Waals surface area contributed by atoms with E-state index in [-0.39, 0.29) is 6.42 Å². The summed E-state index contributed by atoms with van der Waals surface area (Å²) in [5.74, 6) is -4.51. The van der Waals surface area contributed by atoms with E-state index in [1.807, 2.05) is 0 Å². The van der Waals surface area contributed by atoms with E-state index in [2.05, 4.69) is 6.92 Å². The number of Topliss-reactive ketones (excluding diaryl/α,β-unsaturated/α-hetero) is 1. The van der Waals surface area contributed by atoms with Gasteiger partial charge in [-0.25, -0.2) is 0 Å². The number of unbranched alkanes of at least 4 members (excludes halogenated alkanes) is 9. The molecule has 25 heavy (non-hydrogen) atoms. The van der Waals surface area contributed by atoms with Crippen LogP contribution >= 0.6 is 0 Å². The van der Waals surface area contributed by atoms with Crippen molar-refractivity contribution in [2.24, 2.45) is 23.1 Å². The third-order valence-electron chi connectivity index (χ3n) is 4.68. The van der Waals surface area contributed by atoms with Gasteiger partial charge < -0.3 is 22.3 Å². The zero-order valence-electron chi connectivity index (χ0n) is 15.5. The topological polar surface area (TPSA) is 150 Å². The van der Waals surface area contributed by atoms with Crippen molar-refractivity contribution >= 4 is 17.6 Å². The summed E-state index contributed by atoms with van der Waals surface area (Å²) in [6.07, 6.45) is 11.2. The van der Waals surface area contributed by atoms with Crippen molar-refractivity contribution in [1.29, 1.82) is 0 Å². The number of carbonyl (C=O) groups excluding carboxylic acids is 3. The van der Waals surface area contributed by atoms with Gasteiger partial charge in [-0.3, -0.25) is 14.4 Å². The molecule has 0 aromatic rings. The number of ketones is 1. The molecule has 0 heterocycles. The van der Waals surface area contributed by atoms with Crippen LogP contribution in [0.4, 0.5) is 0 Å². The lowest BCUT2D eigenvalue weighted by molar-refractivity contribution is -0.160. The third kappa shape index (κ3) is 7.96. The van der Waals surface area contributed by atoms with Crippen LogP contribution in [0.2, 0.25) is 0 Å². The van der Waals surface area contributed by atoms with Crippen molar-refractivity contribution in [2.75, 3.05) is 6.54 Å². The molecular formula is C18H35N3O4. The Bertz CT molecular complexity index is 429. The number of rotatable bonds is 16. The lowest BCUT2D eigenvalue weighted by Crippen LogP contribution is -2.61. The first-order chi connectivity index (χ1) is 11.8. The third-order valence-corrected chi connectivity index (χ3v) is 4.68. The minimum atomic E-state index is -2.61. The van der Waals surface area contributed by atoms with Crippen molar-refractivity contribution in [2.45, 2.75) is 83.2 Å². The van der Waals surface area contributed by atoms with Crippen LogP contribution in [-0.2, 0) is 14.4 Å². The summed E-state index contributed by atoms with van der Waals surface area (Å²) in [5.41, 5.74) is 13.0. The van der Waals surface area contributed by atoms with Gasteiger partial charge in [-0.15, -0.1) is 0 Å². The van der Waals surface area contributed by atoms with Gasteiger partial charge in [0, 0.05) is 0 Å². The zero-order chi connectivity index (χ0) is 19.3. The van der Waals surface area contributed by atoms with Crippen molar-refractivity contribution in [3.05, 3.63) is 0 Å². The quantitative estimate of drug-likeness (QED) is 0.241. The molecule has 0 spiro atoms. The summed E-state index contributed by atoms with van der Waals surface area (Å²) in [6.45, 7) is 1.61. The zero-order valence-corrected chi connectivity index (χ0v) is 15.5. The number of hydrogen-bond donors (Lipinski definition) is 4. The maximum absolute atomic E-state index is 11.8. The molecule has 7 heteroatoms. The molecular weight excluding hydrogens is 322 g/mol. The highest BCUT2D eigenvalue weighted by molar-refractivity contribution is 6.12. The Kier molecular flexibility index (Phi) is 12.1. The second-order valence-electron chi connectivity index (χ2n) is 6.68. The summed E-state index contributed by atoms with van der Waals surface area (Å²) in [5, 5.41) is 10.3. The largest absolute Gasteiger partial charge is 0.372 e. The highest BCUT2D eigenvalue weighted by atomic mass is 16.3. The molecule has 2 unspecified atom stereocenters. The molecule has 0 aliphatic carbocycles. The fraction of sp³-hybridized carbons (Fsp3) is 0.833. The molecule has 0 aliphatic rings. The highest BCUT2D eigenvalue weighted by Gasteiger charge is 2.50. The van der Waals surface area contributed by atoms with Gasteiger partial charge in [0.05, 0.1) is 12.5 Å². The Balaban J connectivity index is 4.27. The lowest BCUT2D eigenvalue weighted by Gasteiger charge is -2.29. The van der Waals surface area contributed by atoms with Gasteiger partial charge in [0.25, 0.3) is 5.91 Å². The second kappa shape index (κ2) is 12.8. The normalized spacial score (nSPS) is 14.7. The summed E-state index contributed by atoms with van der Waals surface area (Å²) < 4.78 is 0. The molecule has 0 aromatic carbocycles. The summed E-state index contributed by atoms with van der Waals surface area (Å²) in [7, 11) is 0. The van der Waals surface area contributed by atoms with E-state index >= 15 is 0 Å². The summed E-state index contributed by atoms with van der Waals surface area (Å²) in [4.78, 5) is 35.0. The van der Waals surface area contributed by atoms with Crippen LogP contribution in [-0.4, -0.2) is 34.8 Å². The number of nitrogens with two attached hydrogens (primary N) is 3. The van der Waals surface area contributed by atoms with Gasteiger partial charge in [-0.1, -0.05) is 71.1 Å². The monoisotopic (exact) mass is 357 g/mol. The molecule has 0 aliphatic heterocycles. The number of aliphatic hydroxyl groups is 1. The molecule has 0 aromatic heterocycles. The maximum Gasteiger partial charge on any atom is 0.258 e. The molecule has 0 radical (unpaired) electrons. The van der Waals surface area contributed by atoms with Crippen molar-refractivity contribution < 1.29 is 19.5 Å². The second-order valence-corrected chi connectivity index (χ2v) is 6.68. The van der Waals surface area contributed by atoms with E-state index in [1.165, 1.54) is 38.5 Å². The van der Waals surface area contributed by atoms with E-state index < -0.39 is 35.7 Å². The van der Waals surface area contributed by atoms with E-state index in [4.69, 9.17) is 17.2 Å². The number of carbonyl (C=O) groups is 3. The van der Waals surface area contributed by atoms with E-state index in [1.54, 1.807) is 0 Å². The number of amides is 2. The van der Waals surface area contributed by atoms with Crippen molar-refractivity contribution in [1.82, 2.24) is 0 Å². The Morgan fingerprint density at radius 2 is 1.32 bits per heavy atom. The highest BCUT2D eigenvalue weighted by Crippen LogP contribution is 2.25. The SMILES string of the molecule is CCCCCCCCCCCCC(C(N)=O)C(O)(C(N)=O)C(=O)CN. The van der Waals surface area contributed by atoms with Gasteiger partial charge in [0.15, 0.2) is 5.78 Å². The van der Waals surface area contributed by atoms with Gasteiger partial charge >= 0.3 is 0 Å². The van der Waals surface area contributed by atoms with E-state index in [0.29, 0.717) is 6.42 Å². The molecule has 7 N–H and O–H groups in total. The molecule has 7 nitrogen and oxygen atoms in total. The molecule has 0 rings (SSSR count). The number of hydrogen-bond acceptors (Lipinski definition) is 5. The molecule has 2 atom stereocenters. The van der Waals surface area contributed by atoms with Crippen molar-refractivity contribution in [3.8, 4) is 0 Å². The molecule has 2 amide bonds. The average molecular weight is 357 g/mol. The van der Waals surface area contributed by atoms with Gasteiger partial charge in [0.2, 0.25) is 11.5 Å². The van der Waals surface area contributed by atoms with Crippen LogP contribution in [0.5, 0.6) is 0 Å². The van der Waals surface area contributed by atoms with Crippen LogP contribution in [0.3, 0.4) is 0 Å². The van der Waals surface area contributed by atoms with E-state index in [0.717, 1.165) is 19.3 Å². The molecule has 0 bridgehead atoms. The smallest absolute Gasteiger partial charge is 0.258 e.